The summed E-state index contributed by atoms with van der Waals surface area (Å²) in [5.74, 6) is 0.989. The number of hydrogen-bond acceptors (Lipinski definition) is 6. The molecule has 2 rings (SSSR count). The molecule has 0 aromatic carbocycles. The van der Waals surface area contributed by atoms with Crippen LogP contribution in [0, 0.1) is 10.8 Å². The van der Waals surface area contributed by atoms with Crippen LogP contribution in [0.3, 0.4) is 0 Å². The third-order valence-electron chi connectivity index (χ3n) is 5.30. The summed E-state index contributed by atoms with van der Waals surface area (Å²) in [6.07, 6.45) is 11.7. The number of nitrogens with zero attached hydrogens (tertiary/aromatic N) is 4. The molecular weight excluding hydrogens is 687 g/mol. The van der Waals surface area contributed by atoms with Gasteiger partial charge in [-0.3, -0.25) is 0 Å². The smallest absolute Gasteiger partial charge is 0.154 e. The SMILES string of the molecule is CC.CC.CC.CC.CC.CC.CCC[CH2][Sn]([CH]=N)([CH2]CCC)[CH2]CCC.N=Cc1cccc(N=CN)n1.[3H]c1cccc(N=CN)n1. The second-order valence-corrected chi connectivity index (χ2v) is 20.9. The molecule has 0 saturated heterocycles. The molecule has 0 fully saturated rings. The second-order valence-electron chi connectivity index (χ2n) is 8.06. The van der Waals surface area contributed by atoms with E-state index in [9.17, 15) is 0 Å². The predicted molar refractivity (Wildman–Crippen MR) is 223 cm³/mol. The van der Waals surface area contributed by atoms with Gasteiger partial charge in [0.25, 0.3) is 0 Å². The van der Waals surface area contributed by atoms with Gasteiger partial charge in [-0.15, -0.1) is 0 Å². The zero-order valence-electron chi connectivity index (χ0n) is 34.6. The summed E-state index contributed by atoms with van der Waals surface area (Å²) in [5, 5.41) is 14.7. The Morgan fingerprint density at radius 3 is 1.40 bits per heavy atom. The van der Waals surface area contributed by atoms with Crippen LogP contribution < -0.4 is 11.5 Å². The van der Waals surface area contributed by atoms with Crippen LogP contribution in [0.5, 0.6) is 0 Å². The van der Waals surface area contributed by atoms with Crippen molar-refractivity contribution in [1.29, 1.82) is 10.8 Å². The number of unbranched alkanes of at least 4 members (excludes halogenated alkanes) is 3. The monoisotopic (exact) mass is 771 g/mol. The molecule has 0 atom stereocenters. The van der Waals surface area contributed by atoms with Crippen LogP contribution in [-0.4, -0.2) is 51.5 Å². The van der Waals surface area contributed by atoms with Crippen LogP contribution in [-0.2, 0) is 0 Å². The van der Waals surface area contributed by atoms with Crippen molar-refractivity contribution in [2.75, 3.05) is 0 Å². The van der Waals surface area contributed by atoms with Gasteiger partial charge in [0.05, 0.1) is 19.7 Å². The minimum absolute atomic E-state index is 0.197. The van der Waals surface area contributed by atoms with Gasteiger partial charge in [-0.2, -0.15) is 0 Å². The van der Waals surface area contributed by atoms with Crippen molar-refractivity contribution < 1.29 is 1.37 Å². The van der Waals surface area contributed by atoms with E-state index in [-0.39, 0.29) is 6.17 Å². The number of nitrogens with one attached hydrogen (secondary N) is 2. The van der Waals surface area contributed by atoms with Crippen molar-refractivity contribution in [3.63, 3.8) is 0 Å². The van der Waals surface area contributed by atoms with E-state index in [0.717, 1.165) is 12.6 Å². The summed E-state index contributed by atoms with van der Waals surface area (Å²) in [6.45, 7) is 30.8. The third kappa shape index (κ3) is 43.4. The van der Waals surface area contributed by atoms with Crippen LogP contribution in [0.15, 0.2) is 52.6 Å². The van der Waals surface area contributed by atoms with Gasteiger partial charge in [0.15, 0.2) is 11.6 Å². The van der Waals surface area contributed by atoms with E-state index in [2.05, 4.69) is 40.7 Å². The van der Waals surface area contributed by atoms with E-state index in [0.29, 0.717) is 17.3 Å². The molecule has 47 heavy (non-hydrogen) atoms. The Morgan fingerprint density at radius 2 is 1.06 bits per heavy atom. The van der Waals surface area contributed by atoms with E-state index in [1.807, 2.05) is 87.3 Å². The maximum Gasteiger partial charge on any atom is 0.154 e. The summed E-state index contributed by atoms with van der Waals surface area (Å²) < 4.78 is 13.4. The number of aliphatic imine (C=N–C) groups is 2. The minimum atomic E-state index is -2.07. The van der Waals surface area contributed by atoms with Crippen molar-refractivity contribution >= 4 is 53.1 Å². The molecular formula is C38H80N8Sn. The Balaban J connectivity index is -0.0000000914. The normalized spacial score (nSPS) is 9.13. The van der Waals surface area contributed by atoms with E-state index >= 15 is 0 Å². The molecule has 2 aromatic rings. The molecule has 0 amide bonds. The number of aromatic nitrogens is 2. The fourth-order valence-corrected chi connectivity index (χ4v) is 15.7. The molecule has 0 saturated carbocycles. The topological polar surface area (TPSA) is 150 Å². The number of hydrogen-bond donors (Lipinski definition) is 4. The molecule has 0 radical (unpaired) electrons. The van der Waals surface area contributed by atoms with E-state index in [1.165, 1.54) is 58.2 Å². The summed E-state index contributed by atoms with van der Waals surface area (Å²) in [6, 6.07) is 10.2. The summed E-state index contributed by atoms with van der Waals surface area (Å²) >= 11 is -2.07. The molecule has 276 valence electrons. The molecule has 0 aliphatic heterocycles. The minimum Gasteiger partial charge on any atom is -0.390 e. The molecule has 0 bridgehead atoms. The Hall–Kier alpha value is -2.62. The van der Waals surface area contributed by atoms with Gasteiger partial charge in [0.1, 0.15) is 0 Å². The first-order chi connectivity index (χ1) is 23.4. The fourth-order valence-electron chi connectivity index (χ4n) is 3.31. The Bertz CT molecular complexity index is 903. The van der Waals surface area contributed by atoms with Gasteiger partial charge in [-0.25, -0.2) is 20.0 Å². The van der Waals surface area contributed by atoms with Crippen molar-refractivity contribution in [3.05, 3.63) is 48.3 Å². The van der Waals surface area contributed by atoms with Crippen LogP contribution in [0.2, 0.25) is 13.3 Å². The standard InChI is InChI=1S/C7H8N4.C6H7N3.3C4H9.6C2H6.CH2N.Sn/c8-4-6-2-1-3-7(11-6)10-5-9;7-5-9-6-3-1-2-4-8-6;3*1-3-4-2;7*1-2;/h1-5,8H,(H2,9,10,11);1-5H,(H2,7,8,9);3*1,3-4H2,2H3;6*1-2H3;1-2H;/i;4T;;;;;;;;;;;. The molecule has 0 aliphatic carbocycles. The summed E-state index contributed by atoms with van der Waals surface area (Å²) in [7, 11) is 0. The molecule has 8 nitrogen and oxygen atoms in total. The van der Waals surface area contributed by atoms with Gasteiger partial charge < -0.3 is 16.9 Å². The average molecular weight is 770 g/mol. The molecule has 0 unspecified atom stereocenters. The molecule has 2 heterocycles. The van der Waals surface area contributed by atoms with Gasteiger partial charge in [-0.05, 0) is 24.3 Å². The summed E-state index contributed by atoms with van der Waals surface area (Å²) in [4.78, 5) is 15.2. The predicted octanol–water partition coefficient (Wildman–Crippen LogP) is 12.6. The number of nitrogens with two attached hydrogens (primary N) is 2. The first-order valence-corrected chi connectivity index (χ1v) is 26.1. The van der Waals surface area contributed by atoms with Gasteiger partial charge in [0.2, 0.25) is 0 Å². The zero-order valence-corrected chi connectivity index (χ0v) is 36.4. The van der Waals surface area contributed by atoms with Gasteiger partial charge >= 0.3 is 101 Å². The largest absolute Gasteiger partial charge is 0.390 e. The van der Waals surface area contributed by atoms with Crippen LogP contribution >= 0.6 is 0 Å². The Labute approximate surface area is 299 Å². The third-order valence-corrected chi connectivity index (χ3v) is 18.6. The molecule has 0 aliphatic rings. The molecule has 0 spiro atoms. The van der Waals surface area contributed by atoms with E-state index in [1.54, 1.807) is 36.4 Å². The molecule has 2 aromatic heterocycles. The van der Waals surface area contributed by atoms with Crippen molar-refractivity contribution in [1.82, 2.24) is 9.97 Å². The number of pyridine rings is 2. The molecule has 9 heteroatoms. The van der Waals surface area contributed by atoms with Gasteiger partial charge in [-0.1, -0.05) is 95.2 Å². The fraction of sp³-hybridized carbons (Fsp3) is 0.632. The van der Waals surface area contributed by atoms with Crippen molar-refractivity contribution in [3.8, 4) is 0 Å². The van der Waals surface area contributed by atoms with Crippen LogP contribution in [0.4, 0.5) is 11.6 Å². The van der Waals surface area contributed by atoms with E-state index < -0.39 is 18.4 Å². The maximum absolute atomic E-state index is 7.81. The maximum atomic E-state index is 7.81. The zero-order chi connectivity index (χ0) is 39.1. The van der Waals surface area contributed by atoms with Crippen molar-refractivity contribution in [2.24, 2.45) is 21.5 Å². The van der Waals surface area contributed by atoms with Crippen LogP contribution in [0.25, 0.3) is 0 Å². The van der Waals surface area contributed by atoms with Gasteiger partial charge in [0, 0.05) is 12.4 Å². The Morgan fingerprint density at radius 1 is 0.660 bits per heavy atom. The molecule has 6 N–H and O–H groups in total. The first-order valence-electron chi connectivity index (χ1n) is 18.8. The van der Waals surface area contributed by atoms with Crippen molar-refractivity contribution in [2.45, 2.75) is 156 Å². The first kappa shape index (κ1) is 56.7. The van der Waals surface area contributed by atoms with E-state index in [4.69, 9.17) is 23.7 Å². The average Bonchev–Trinajstić information content (AvgIpc) is 3.17. The summed E-state index contributed by atoms with van der Waals surface area (Å²) in [5.41, 5.74) is 10.7. The second kappa shape index (κ2) is 58.9. The quantitative estimate of drug-likeness (QED) is 0.0911. The number of rotatable bonds is 13. The Kier molecular flexibility index (Phi) is 71.0. The van der Waals surface area contributed by atoms with Crippen LogP contribution in [0.1, 0.15) is 149 Å².